The van der Waals surface area contributed by atoms with Gasteiger partial charge in [0.2, 0.25) is 17.6 Å². The van der Waals surface area contributed by atoms with Gasteiger partial charge >= 0.3 is 0 Å². The fourth-order valence-corrected chi connectivity index (χ4v) is 2.37. The first-order valence-corrected chi connectivity index (χ1v) is 7.47. The van der Waals surface area contributed by atoms with E-state index in [2.05, 4.69) is 15.5 Å². The minimum atomic E-state index is -0.529. The first-order valence-electron chi connectivity index (χ1n) is 7.47. The lowest BCUT2D eigenvalue weighted by Crippen LogP contribution is -2.41. The van der Waals surface area contributed by atoms with Crippen LogP contribution in [0.25, 0.3) is 11.4 Å². The summed E-state index contributed by atoms with van der Waals surface area (Å²) >= 11 is 0. The van der Waals surface area contributed by atoms with Crippen LogP contribution in [0.5, 0.6) is 0 Å². The number of halogens is 1. The van der Waals surface area contributed by atoms with E-state index in [1.54, 1.807) is 6.92 Å². The van der Waals surface area contributed by atoms with Crippen LogP contribution >= 0.6 is 12.4 Å². The highest BCUT2D eigenvalue weighted by atomic mass is 35.5. The second kappa shape index (κ2) is 8.08. The molecule has 0 fully saturated rings. The SMILES string of the molecule is CCC(CC)(CN)C(=O)Nc1cccc(-c2noc(C)n2)c1.Cl. The van der Waals surface area contributed by atoms with Gasteiger partial charge in [0.25, 0.3) is 0 Å². The minimum Gasteiger partial charge on any atom is -0.339 e. The van der Waals surface area contributed by atoms with Crippen LogP contribution < -0.4 is 11.1 Å². The van der Waals surface area contributed by atoms with E-state index in [0.717, 1.165) is 5.56 Å². The predicted octanol–water partition coefficient (Wildman–Crippen LogP) is 3.17. The second-order valence-corrected chi connectivity index (χ2v) is 5.36. The summed E-state index contributed by atoms with van der Waals surface area (Å²) in [5, 5.41) is 6.83. The summed E-state index contributed by atoms with van der Waals surface area (Å²) in [6.45, 7) is 6.03. The van der Waals surface area contributed by atoms with Gasteiger partial charge in [-0.25, -0.2) is 0 Å². The van der Waals surface area contributed by atoms with Gasteiger partial charge in [0.05, 0.1) is 5.41 Å². The smallest absolute Gasteiger partial charge is 0.231 e. The van der Waals surface area contributed by atoms with Crippen LogP contribution in [-0.2, 0) is 4.79 Å². The van der Waals surface area contributed by atoms with Gasteiger partial charge in [-0.05, 0) is 25.0 Å². The fraction of sp³-hybridized carbons (Fsp3) is 0.438. The van der Waals surface area contributed by atoms with Crippen molar-refractivity contribution in [2.24, 2.45) is 11.1 Å². The van der Waals surface area contributed by atoms with Crippen molar-refractivity contribution < 1.29 is 9.32 Å². The van der Waals surface area contributed by atoms with Gasteiger partial charge in [-0.15, -0.1) is 12.4 Å². The van der Waals surface area contributed by atoms with Crippen molar-refractivity contribution in [1.29, 1.82) is 0 Å². The van der Waals surface area contributed by atoms with E-state index in [9.17, 15) is 4.79 Å². The standard InChI is InChI=1S/C16H22N4O2.ClH/c1-4-16(5-2,10-17)15(21)19-13-8-6-7-12(9-13)14-18-11(3)22-20-14;/h6-9H,4-5,10,17H2,1-3H3,(H,19,21);1H. The van der Waals surface area contributed by atoms with Crippen molar-refractivity contribution in [2.45, 2.75) is 33.6 Å². The van der Waals surface area contributed by atoms with Crippen molar-refractivity contribution in [3.63, 3.8) is 0 Å². The lowest BCUT2D eigenvalue weighted by molar-refractivity contribution is -0.125. The highest BCUT2D eigenvalue weighted by Gasteiger charge is 2.33. The molecule has 3 N–H and O–H groups in total. The third-order valence-electron chi connectivity index (χ3n) is 4.13. The summed E-state index contributed by atoms with van der Waals surface area (Å²) in [4.78, 5) is 16.7. The Morgan fingerprint density at radius 2 is 2.04 bits per heavy atom. The lowest BCUT2D eigenvalue weighted by Gasteiger charge is -2.28. The topological polar surface area (TPSA) is 94.0 Å². The first-order chi connectivity index (χ1) is 10.5. The zero-order valence-electron chi connectivity index (χ0n) is 13.6. The lowest BCUT2D eigenvalue weighted by atomic mass is 9.81. The van der Waals surface area contributed by atoms with E-state index < -0.39 is 5.41 Å². The van der Waals surface area contributed by atoms with Gasteiger partial charge in [-0.1, -0.05) is 31.1 Å². The van der Waals surface area contributed by atoms with E-state index in [0.29, 0.717) is 36.8 Å². The molecule has 7 heteroatoms. The van der Waals surface area contributed by atoms with Crippen molar-refractivity contribution in [3.05, 3.63) is 30.2 Å². The molecular weight excluding hydrogens is 316 g/mol. The predicted molar refractivity (Wildman–Crippen MR) is 92.4 cm³/mol. The molecule has 0 radical (unpaired) electrons. The summed E-state index contributed by atoms with van der Waals surface area (Å²) in [7, 11) is 0. The van der Waals surface area contributed by atoms with Gasteiger partial charge in [0.1, 0.15) is 0 Å². The monoisotopic (exact) mass is 338 g/mol. The molecule has 2 rings (SSSR count). The average Bonchev–Trinajstić information content (AvgIpc) is 2.96. The molecule has 0 saturated carbocycles. The number of carbonyl (C=O) groups excluding carboxylic acids is 1. The number of nitrogens with zero attached hydrogens (tertiary/aromatic N) is 2. The molecule has 23 heavy (non-hydrogen) atoms. The molecule has 0 spiro atoms. The molecule has 0 atom stereocenters. The largest absolute Gasteiger partial charge is 0.339 e. The minimum absolute atomic E-state index is 0. The Bertz CT molecular complexity index is 645. The van der Waals surface area contributed by atoms with Gasteiger partial charge in [0, 0.05) is 24.7 Å². The summed E-state index contributed by atoms with van der Waals surface area (Å²) < 4.78 is 4.98. The maximum absolute atomic E-state index is 12.5. The van der Waals surface area contributed by atoms with Gasteiger partial charge in [-0.3, -0.25) is 4.79 Å². The van der Waals surface area contributed by atoms with Crippen LogP contribution in [-0.4, -0.2) is 22.6 Å². The van der Waals surface area contributed by atoms with Crippen molar-refractivity contribution in [3.8, 4) is 11.4 Å². The Hall–Kier alpha value is -1.92. The third kappa shape index (κ3) is 4.09. The number of aromatic nitrogens is 2. The number of amides is 1. The van der Waals surface area contributed by atoms with Gasteiger partial charge in [0.15, 0.2) is 0 Å². The normalized spacial score (nSPS) is 11.0. The van der Waals surface area contributed by atoms with Crippen LogP contribution in [0, 0.1) is 12.3 Å². The third-order valence-corrected chi connectivity index (χ3v) is 4.13. The number of hydrogen-bond acceptors (Lipinski definition) is 5. The molecule has 0 unspecified atom stereocenters. The number of benzene rings is 1. The highest BCUT2D eigenvalue weighted by molar-refractivity contribution is 5.95. The van der Waals surface area contributed by atoms with E-state index in [1.807, 2.05) is 38.1 Å². The molecule has 1 aromatic heterocycles. The molecule has 0 aliphatic heterocycles. The Kier molecular flexibility index (Phi) is 6.72. The van der Waals surface area contributed by atoms with Gasteiger partial charge < -0.3 is 15.6 Å². The molecule has 0 saturated heterocycles. The maximum Gasteiger partial charge on any atom is 0.231 e. The quantitative estimate of drug-likeness (QED) is 0.843. The van der Waals surface area contributed by atoms with Crippen molar-refractivity contribution >= 4 is 24.0 Å². The van der Waals surface area contributed by atoms with Crippen molar-refractivity contribution in [2.75, 3.05) is 11.9 Å². The summed E-state index contributed by atoms with van der Waals surface area (Å²) in [5.41, 5.74) is 6.78. The molecule has 2 aromatic rings. The van der Waals surface area contributed by atoms with E-state index in [-0.39, 0.29) is 18.3 Å². The van der Waals surface area contributed by atoms with Crippen LogP contribution in [0.15, 0.2) is 28.8 Å². The highest BCUT2D eigenvalue weighted by Crippen LogP contribution is 2.28. The molecule has 1 heterocycles. The number of aryl methyl sites for hydroxylation is 1. The average molecular weight is 339 g/mol. The first kappa shape index (κ1) is 19.1. The molecule has 126 valence electrons. The van der Waals surface area contributed by atoms with E-state index >= 15 is 0 Å². The molecule has 1 aromatic carbocycles. The Morgan fingerprint density at radius 1 is 1.35 bits per heavy atom. The fourth-order valence-electron chi connectivity index (χ4n) is 2.37. The molecule has 6 nitrogen and oxygen atoms in total. The van der Waals surface area contributed by atoms with E-state index in [1.165, 1.54) is 0 Å². The number of nitrogens with two attached hydrogens (primary N) is 1. The molecule has 1 amide bonds. The molecule has 0 aliphatic carbocycles. The van der Waals surface area contributed by atoms with E-state index in [4.69, 9.17) is 10.3 Å². The number of nitrogens with one attached hydrogen (secondary N) is 1. The summed E-state index contributed by atoms with van der Waals surface area (Å²) in [6, 6.07) is 7.38. The van der Waals surface area contributed by atoms with Crippen LogP contribution in [0.3, 0.4) is 0 Å². The molecule has 0 bridgehead atoms. The summed E-state index contributed by atoms with van der Waals surface area (Å²) in [6.07, 6.45) is 1.41. The number of hydrogen-bond donors (Lipinski definition) is 2. The number of rotatable bonds is 6. The van der Waals surface area contributed by atoms with Crippen LogP contribution in [0.1, 0.15) is 32.6 Å². The number of carbonyl (C=O) groups is 1. The van der Waals surface area contributed by atoms with Crippen LogP contribution in [0.2, 0.25) is 0 Å². The maximum atomic E-state index is 12.5. The number of anilines is 1. The molecule has 0 aliphatic rings. The van der Waals surface area contributed by atoms with Crippen LogP contribution in [0.4, 0.5) is 5.69 Å². The molecular formula is C16H23ClN4O2. The van der Waals surface area contributed by atoms with Gasteiger partial charge in [-0.2, -0.15) is 4.98 Å². The second-order valence-electron chi connectivity index (χ2n) is 5.36. The zero-order valence-corrected chi connectivity index (χ0v) is 14.4. The summed E-state index contributed by atoms with van der Waals surface area (Å²) in [5.74, 6) is 0.953. The Balaban J connectivity index is 0.00000264. The van der Waals surface area contributed by atoms with Crippen molar-refractivity contribution in [1.82, 2.24) is 10.1 Å². The zero-order chi connectivity index (χ0) is 16.2. The Morgan fingerprint density at radius 3 is 2.57 bits per heavy atom. The Labute approximate surface area is 142 Å².